The molecule has 1 amide bonds. The fraction of sp³-hybridized carbons (Fsp3) is 0.562. The number of nitrogens with zero attached hydrogens (tertiary/aromatic N) is 1. The van der Waals surface area contributed by atoms with Crippen molar-refractivity contribution in [3.05, 3.63) is 35.9 Å². The second kappa shape index (κ2) is 9.50. The molecule has 0 saturated heterocycles. The minimum absolute atomic E-state index is 0.0246. The first-order valence-corrected chi connectivity index (χ1v) is 7.25. The van der Waals surface area contributed by atoms with Gasteiger partial charge in [0.1, 0.15) is 0 Å². The molecule has 4 nitrogen and oxygen atoms in total. The van der Waals surface area contributed by atoms with Crippen molar-refractivity contribution in [3.63, 3.8) is 0 Å². The standard InChI is InChI=1S/C16H26N2O2/c1-14(19)9-10-16(20)17-11-6-12-18(2)13-15-7-4-3-5-8-15/h3-5,7-8,14,19H,6,9-13H2,1-2H3,(H,17,20). The third-order valence-electron chi connectivity index (χ3n) is 3.12. The second-order valence-electron chi connectivity index (χ2n) is 5.31. The molecule has 0 aromatic heterocycles. The predicted octanol–water partition coefficient (Wildman–Crippen LogP) is 1.79. The van der Waals surface area contributed by atoms with E-state index in [1.807, 2.05) is 18.2 Å². The summed E-state index contributed by atoms with van der Waals surface area (Å²) in [6.07, 6.45) is 1.46. The van der Waals surface area contributed by atoms with E-state index in [0.29, 0.717) is 19.4 Å². The Morgan fingerprint density at radius 3 is 2.70 bits per heavy atom. The normalized spacial score (nSPS) is 12.4. The monoisotopic (exact) mass is 278 g/mol. The maximum Gasteiger partial charge on any atom is 0.220 e. The number of carbonyl (C=O) groups excluding carboxylic acids is 1. The Morgan fingerprint density at radius 2 is 2.05 bits per heavy atom. The summed E-state index contributed by atoms with van der Waals surface area (Å²) in [6.45, 7) is 4.27. The molecule has 0 aliphatic carbocycles. The first-order chi connectivity index (χ1) is 9.58. The van der Waals surface area contributed by atoms with Crippen LogP contribution in [0.4, 0.5) is 0 Å². The van der Waals surface area contributed by atoms with Gasteiger partial charge in [0.15, 0.2) is 0 Å². The molecule has 0 saturated carbocycles. The molecule has 0 radical (unpaired) electrons. The number of aliphatic hydroxyl groups is 1. The van der Waals surface area contributed by atoms with E-state index in [1.165, 1.54) is 5.56 Å². The largest absolute Gasteiger partial charge is 0.393 e. The molecule has 20 heavy (non-hydrogen) atoms. The lowest BCUT2D eigenvalue weighted by Gasteiger charge is -2.16. The summed E-state index contributed by atoms with van der Waals surface area (Å²) in [5.74, 6) is 0.0246. The van der Waals surface area contributed by atoms with Crippen molar-refractivity contribution < 1.29 is 9.90 Å². The van der Waals surface area contributed by atoms with Crippen LogP contribution in [-0.2, 0) is 11.3 Å². The number of benzene rings is 1. The van der Waals surface area contributed by atoms with Crippen LogP contribution in [0.1, 0.15) is 31.7 Å². The molecule has 1 aromatic rings. The number of hydrogen-bond acceptors (Lipinski definition) is 3. The third-order valence-corrected chi connectivity index (χ3v) is 3.12. The number of rotatable bonds is 9. The van der Waals surface area contributed by atoms with Gasteiger partial charge >= 0.3 is 0 Å². The number of amides is 1. The van der Waals surface area contributed by atoms with Gasteiger partial charge in [-0.3, -0.25) is 4.79 Å². The van der Waals surface area contributed by atoms with Crippen molar-refractivity contribution in [2.24, 2.45) is 0 Å². The summed E-state index contributed by atoms with van der Waals surface area (Å²) in [5, 5.41) is 12.0. The second-order valence-corrected chi connectivity index (χ2v) is 5.31. The molecule has 0 bridgehead atoms. The van der Waals surface area contributed by atoms with Gasteiger partial charge in [0.2, 0.25) is 5.91 Å². The molecule has 0 fully saturated rings. The van der Waals surface area contributed by atoms with E-state index in [9.17, 15) is 4.79 Å². The number of carbonyl (C=O) groups is 1. The predicted molar refractivity (Wildman–Crippen MR) is 81.3 cm³/mol. The molecule has 0 spiro atoms. The average molecular weight is 278 g/mol. The first kappa shape index (κ1) is 16.7. The Labute approximate surface area is 121 Å². The van der Waals surface area contributed by atoms with Crippen LogP contribution in [0.15, 0.2) is 30.3 Å². The maximum absolute atomic E-state index is 11.4. The highest BCUT2D eigenvalue weighted by Crippen LogP contribution is 2.02. The minimum atomic E-state index is -0.405. The first-order valence-electron chi connectivity index (χ1n) is 7.25. The highest BCUT2D eigenvalue weighted by Gasteiger charge is 2.04. The van der Waals surface area contributed by atoms with Gasteiger partial charge in [-0.2, -0.15) is 0 Å². The molecule has 1 unspecified atom stereocenters. The fourth-order valence-corrected chi connectivity index (χ4v) is 1.98. The van der Waals surface area contributed by atoms with E-state index >= 15 is 0 Å². The van der Waals surface area contributed by atoms with E-state index in [2.05, 4.69) is 29.4 Å². The summed E-state index contributed by atoms with van der Waals surface area (Å²) in [4.78, 5) is 13.7. The van der Waals surface area contributed by atoms with Gasteiger partial charge in [-0.1, -0.05) is 30.3 Å². The van der Waals surface area contributed by atoms with Crippen molar-refractivity contribution in [1.29, 1.82) is 0 Å². The van der Waals surface area contributed by atoms with Gasteiger partial charge in [0, 0.05) is 19.5 Å². The molecule has 4 heteroatoms. The molecule has 112 valence electrons. The van der Waals surface area contributed by atoms with Gasteiger partial charge in [-0.25, -0.2) is 0 Å². The lowest BCUT2D eigenvalue weighted by Crippen LogP contribution is -2.28. The molecule has 0 heterocycles. The van der Waals surface area contributed by atoms with Crippen LogP contribution in [0.5, 0.6) is 0 Å². The quantitative estimate of drug-likeness (QED) is 0.677. The molecule has 1 rings (SSSR count). The van der Waals surface area contributed by atoms with E-state index in [4.69, 9.17) is 5.11 Å². The Kier molecular flexibility index (Phi) is 7.92. The summed E-state index contributed by atoms with van der Waals surface area (Å²) >= 11 is 0. The maximum atomic E-state index is 11.4. The molecule has 1 atom stereocenters. The highest BCUT2D eigenvalue weighted by molar-refractivity contribution is 5.75. The summed E-state index contributed by atoms with van der Waals surface area (Å²) in [7, 11) is 2.09. The lowest BCUT2D eigenvalue weighted by molar-refractivity contribution is -0.121. The van der Waals surface area contributed by atoms with Crippen LogP contribution in [0.3, 0.4) is 0 Å². The van der Waals surface area contributed by atoms with Gasteiger partial charge in [-0.15, -0.1) is 0 Å². The van der Waals surface area contributed by atoms with Crippen molar-refractivity contribution in [2.75, 3.05) is 20.1 Å². The SMILES string of the molecule is CC(O)CCC(=O)NCCCN(C)Cc1ccccc1. The Balaban J connectivity index is 2.07. The zero-order valence-electron chi connectivity index (χ0n) is 12.5. The molecular weight excluding hydrogens is 252 g/mol. The summed E-state index contributed by atoms with van der Waals surface area (Å²) in [5.41, 5.74) is 1.30. The van der Waals surface area contributed by atoms with Crippen LogP contribution < -0.4 is 5.32 Å². The van der Waals surface area contributed by atoms with E-state index in [0.717, 1.165) is 19.5 Å². The van der Waals surface area contributed by atoms with Crippen LogP contribution in [0.2, 0.25) is 0 Å². The molecular formula is C16H26N2O2. The van der Waals surface area contributed by atoms with Crippen molar-refractivity contribution >= 4 is 5.91 Å². The van der Waals surface area contributed by atoms with E-state index < -0.39 is 6.10 Å². The third kappa shape index (κ3) is 7.92. The Morgan fingerprint density at radius 1 is 1.35 bits per heavy atom. The topological polar surface area (TPSA) is 52.6 Å². The van der Waals surface area contributed by atoms with Gasteiger partial charge < -0.3 is 15.3 Å². The minimum Gasteiger partial charge on any atom is -0.393 e. The van der Waals surface area contributed by atoms with Crippen molar-refractivity contribution in [3.8, 4) is 0 Å². The van der Waals surface area contributed by atoms with Crippen LogP contribution in [0, 0.1) is 0 Å². The summed E-state index contributed by atoms with van der Waals surface area (Å²) < 4.78 is 0. The Bertz CT molecular complexity index is 379. The van der Waals surface area contributed by atoms with Gasteiger partial charge in [0.25, 0.3) is 0 Å². The number of nitrogens with one attached hydrogen (secondary N) is 1. The van der Waals surface area contributed by atoms with Crippen LogP contribution in [-0.4, -0.2) is 42.2 Å². The van der Waals surface area contributed by atoms with Gasteiger partial charge in [-0.05, 0) is 38.9 Å². The van der Waals surface area contributed by atoms with Crippen LogP contribution in [0.25, 0.3) is 0 Å². The summed E-state index contributed by atoms with van der Waals surface area (Å²) in [6, 6.07) is 10.4. The average Bonchev–Trinajstić information content (AvgIpc) is 2.42. The Hall–Kier alpha value is -1.39. The molecule has 1 aromatic carbocycles. The fourth-order valence-electron chi connectivity index (χ4n) is 1.98. The highest BCUT2D eigenvalue weighted by atomic mass is 16.3. The van der Waals surface area contributed by atoms with Crippen molar-refractivity contribution in [1.82, 2.24) is 10.2 Å². The van der Waals surface area contributed by atoms with Gasteiger partial charge in [0.05, 0.1) is 6.10 Å². The number of aliphatic hydroxyl groups excluding tert-OH is 1. The number of hydrogen-bond donors (Lipinski definition) is 2. The zero-order valence-corrected chi connectivity index (χ0v) is 12.5. The molecule has 0 aliphatic rings. The zero-order chi connectivity index (χ0) is 14.8. The molecule has 0 aliphatic heterocycles. The lowest BCUT2D eigenvalue weighted by atomic mass is 10.2. The molecule has 2 N–H and O–H groups in total. The smallest absolute Gasteiger partial charge is 0.220 e. The van der Waals surface area contributed by atoms with E-state index in [1.54, 1.807) is 6.92 Å². The van der Waals surface area contributed by atoms with Crippen LogP contribution >= 0.6 is 0 Å². The van der Waals surface area contributed by atoms with Crippen molar-refractivity contribution in [2.45, 2.75) is 38.8 Å². The van der Waals surface area contributed by atoms with E-state index in [-0.39, 0.29) is 5.91 Å².